The first-order chi connectivity index (χ1) is 10.8. The second kappa shape index (κ2) is 5.45. The average Bonchev–Trinajstić information content (AvgIpc) is 2.90. The van der Waals surface area contributed by atoms with Crippen LogP contribution < -0.4 is 5.32 Å². The summed E-state index contributed by atoms with van der Waals surface area (Å²) in [5, 5.41) is 15.9. The summed E-state index contributed by atoms with van der Waals surface area (Å²) in [6, 6.07) is 5.04. The summed E-state index contributed by atoms with van der Waals surface area (Å²) in [5.74, 6) is -1.35. The summed E-state index contributed by atoms with van der Waals surface area (Å²) in [7, 11) is 0. The Morgan fingerprint density at radius 3 is 2.57 bits per heavy atom. The van der Waals surface area contributed by atoms with E-state index in [1.807, 2.05) is 0 Å². The van der Waals surface area contributed by atoms with E-state index in [9.17, 15) is 18.0 Å². The van der Waals surface area contributed by atoms with Crippen LogP contribution in [0.5, 0.6) is 0 Å². The number of halogens is 4. The van der Waals surface area contributed by atoms with E-state index in [-0.39, 0.29) is 12.2 Å². The fraction of sp³-hybridized carbons (Fsp3) is 0.286. The molecule has 0 bridgehead atoms. The van der Waals surface area contributed by atoms with E-state index in [1.165, 1.54) is 0 Å². The van der Waals surface area contributed by atoms with Gasteiger partial charge in [-0.3, -0.25) is 0 Å². The number of aromatic nitrogens is 2. The Balaban J connectivity index is 2.01. The summed E-state index contributed by atoms with van der Waals surface area (Å²) in [6.07, 6.45) is -4.83. The van der Waals surface area contributed by atoms with Gasteiger partial charge in [0.25, 0.3) is 0 Å². The SMILES string of the molecule is O=C(O)c1cc2n(n1)[C@H](C(F)(F)F)C[C@H](c1ccc(Cl)cc1)N2. The number of carbonyl (C=O) groups is 1. The lowest BCUT2D eigenvalue weighted by Crippen LogP contribution is -2.35. The van der Waals surface area contributed by atoms with E-state index >= 15 is 0 Å². The number of carboxylic acids is 1. The van der Waals surface area contributed by atoms with Crippen LogP contribution >= 0.6 is 11.6 Å². The van der Waals surface area contributed by atoms with Gasteiger partial charge in [-0.25, -0.2) is 9.48 Å². The molecule has 0 unspecified atom stereocenters. The van der Waals surface area contributed by atoms with Gasteiger partial charge in [0, 0.05) is 17.5 Å². The van der Waals surface area contributed by atoms with E-state index in [4.69, 9.17) is 16.7 Å². The maximum Gasteiger partial charge on any atom is 0.410 e. The zero-order valence-electron chi connectivity index (χ0n) is 11.5. The van der Waals surface area contributed by atoms with Gasteiger partial charge in [0.15, 0.2) is 11.7 Å². The predicted molar refractivity (Wildman–Crippen MR) is 76.7 cm³/mol. The van der Waals surface area contributed by atoms with Gasteiger partial charge in [-0.2, -0.15) is 18.3 Å². The first-order valence-corrected chi connectivity index (χ1v) is 7.05. The molecule has 0 saturated heterocycles. The smallest absolute Gasteiger partial charge is 0.410 e. The quantitative estimate of drug-likeness (QED) is 0.866. The molecule has 0 radical (unpaired) electrons. The lowest BCUT2D eigenvalue weighted by atomic mass is 9.97. The topological polar surface area (TPSA) is 67.1 Å². The fourth-order valence-corrected chi connectivity index (χ4v) is 2.72. The summed E-state index contributed by atoms with van der Waals surface area (Å²) < 4.78 is 40.7. The molecule has 2 aromatic rings. The minimum atomic E-state index is -4.54. The lowest BCUT2D eigenvalue weighted by Gasteiger charge is -2.33. The van der Waals surface area contributed by atoms with Crippen LogP contribution in [0.4, 0.5) is 19.0 Å². The molecular formula is C14H11ClF3N3O2. The van der Waals surface area contributed by atoms with Gasteiger partial charge >= 0.3 is 12.1 Å². The summed E-state index contributed by atoms with van der Waals surface area (Å²) in [6.45, 7) is 0. The number of rotatable bonds is 2. The average molecular weight is 346 g/mol. The molecule has 1 aromatic heterocycles. The molecule has 0 spiro atoms. The molecule has 0 saturated carbocycles. The molecule has 1 aromatic carbocycles. The van der Waals surface area contributed by atoms with Crippen molar-refractivity contribution in [1.82, 2.24) is 9.78 Å². The predicted octanol–water partition coefficient (Wildman–Crippen LogP) is 3.90. The molecule has 2 heterocycles. The summed E-state index contributed by atoms with van der Waals surface area (Å²) in [4.78, 5) is 11.0. The molecule has 23 heavy (non-hydrogen) atoms. The number of hydrogen-bond acceptors (Lipinski definition) is 3. The molecule has 122 valence electrons. The third-order valence-electron chi connectivity index (χ3n) is 3.68. The van der Waals surface area contributed by atoms with Crippen molar-refractivity contribution < 1.29 is 23.1 Å². The minimum Gasteiger partial charge on any atom is -0.476 e. The first kappa shape index (κ1) is 15.7. The number of aromatic carboxylic acids is 1. The van der Waals surface area contributed by atoms with Crippen molar-refractivity contribution >= 4 is 23.4 Å². The lowest BCUT2D eigenvalue weighted by molar-refractivity contribution is -0.173. The number of fused-ring (bicyclic) bond motifs is 1. The van der Waals surface area contributed by atoms with Crippen molar-refractivity contribution in [3.05, 3.63) is 46.6 Å². The van der Waals surface area contributed by atoms with Crippen LogP contribution in [0, 0.1) is 0 Å². The fourth-order valence-electron chi connectivity index (χ4n) is 2.59. The van der Waals surface area contributed by atoms with Crippen LogP contribution in [0.3, 0.4) is 0 Å². The van der Waals surface area contributed by atoms with Gasteiger partial charge in [-0.05, 0) is 17.7 Å². The largest absolute Gasteiger partial charge is 0.476 e. The monoisotopic (exact) mass is 345 g/mol. The number of carboxylic acid groups (broad SMARTS) is 1. The zero-order chi connectivity index (χ0) is 16.8. The molecule has 0 amide bonds. The van der Waals surface area contributed by atoms with E-state index in [1.54, 1.807) is 24.3 Å². The normalized spacial score (nSPS) is 20.7. The highest BCUT2D eigenvalue weighted by Crippen LogP contribution is 2.43. The molecule has 1 aliphatic rings. The third kappa shape index (κ3) is 2.98. The van der Waals surface area contributed by atoms with Gasteiger partial charge in [0.05, 0.1) is 6.04 Å². The molecule has 2 atom stereocenters. The van der Waals surface area contributed by atoms with Gasteiger partial charge in [0.1, 0.15) is 5.82 Å². The third-order valence-corrected chi connectivity index (χ3v) is 3.93. The van der Waals surface area contributed by atoms with Crippen LogP contribution in [-0.2, 0) is 0 Å². The van der Waals surface area contributed by atoms with E-state index < -0.39 is 29.9 Å². The highest BCUT2D eigenvalue weighted by Gasteiger charge is 2.46. The molecule has 1 aliphatic heterocycles. The summed E-state index contributed by atoms with van der Waals surface area (Å²) in [5.41, 5.74) is 0.200. The highest BCUT2D eigenvalue weighted by molar-refractivity contribution is 6.30. The first-order valence-electron chi connectivity index (χ1n) is 6.67. The van der Waals surface area contributed by atoms with Crippen molar-refractivity contribution in [2.24, 2.45) is 0 Å². The number of alkyl halides is 3. The van der Waals surface area contributed by atoms with Crippen LogP contribution in [0.1, 0.15) is 34.6 Å². The Bertz CT molecular complexity index is 743. The Kier molecular flexibility index (Phi) is 3.71. The summed E-state index contributed by atoms with van der Waals surface area (Å²) >= 11 is 5.79. The van der Waals surface area contributed by atoms with Crippen molar-refractivity contribution in [3.63, 3.8) is 0 Å². The van der Waals surface area contributed by atoms with Gasteiger partial charge in [-0.1, -0.05) is 23.7 Å². The van der Waals surface area contributed by atoms with Crippen molar-refractivity contribution in [2.45, 2.75) is 24.7 Å². The maximum absolute atomic E-state index is 13.3. The molecule has 0 fully saturated rings. The van der Waals surface area contributed by atoms with Gasteiger partial charge in [0.2, 0.25) is 0 Å². The number of nitrogens with zero attached hydrogens (tertiary/aromatic N) is 2. The van der Waals surface area contributed by atoms with Crippen LogP contribution in [0.15, 0.2) is 30.3 Å². The van der Waals surface area contributed by atoms with Crippen molar-refractivity contribution in [3.8, 4) is 0 Å². The number of hydrogen-bond donors (Lipinski definition) is 2. The standard InChI is InChI=1S/C14H11ClF3N3O2/c15-8-3-1-7(2-4-8)9-5-11(14(16,17)18)21-12(19-9)6-10(20-21)13(22)23/h1-4,6,9,11,19H,5H2,(H,22,23)/t9-,11+/m1/s1. The van der Waals surface area contributed by atoms with Crippen molar-refractivity contribution in [2.75, 3.05) is 5.32 Å². The molecule has 5 nitrogen and oxygen atoms in total. The van der Waals surface area contributed by atoms with E-state index in [0.717, 1.165) is 6.07 Å². The van der Waals surface area contributed by atoms with Crippen LogP contribution in [0.2, 0.25) is 5.02 Å². The molecular weight excluding hydrogens is 335 g/mol. The Hall–Kier alpha value is -2.22. The Morgan fingerprint density at radius 2 is 2.00 bits per heavy atom. The Labute approximate surface area is 133 Å². The number of anilines is 1. The second-order valence-corrected chi connectivity index (χ2v) is 5.64. The van der Waals surface area contributed by atoms with E-state index in [0.29, 0.717) is 15.3 Å². The second-order valence-electron chi connectivity index (χ2n) is 5.21. The highest BCUT2D eigenvalue weighted by atomic mass is 35.5. The zero-order valence-corrected chi connectivity index (χ0v) is 12.3. The Morgan fingerprint density at radius 1 is 1.35 bits per heavy atom. The molecule has 9 heteroatoms. The van der Waals surface area contributed by atoms with Gasteiger partial charge in [-0.15, -0.1) is 0 Å². The van der Waals surface area contributed by atoms with E-state index in [2.05, 4.69) is 10.4 Å². The van der Waals surface area contributed by atoms with Crippen LogP contribution in [0.25, 0.3) is 0 Å². The number of benzene rings is 1. The minimum absolute atomic E-state index is 0.0240. The molecule has 3 rings (SSSR count). The number of nitrogens with one attached hydrogen (secondary N) is 1. The molecule has 0 aliphatic carbocycles. The van der Waals surface area contributed by atoms with Crippen LogP contribution in [-0.4, -0.2) is 27.0 Å². The maximum atomic E-state index is 13.3. The van der Waals surface area contributed by atoms with Gasteiger partial charge < -0.3 is 10.4 Å². The van der Waals surface area contributed by atoms with Crippen molar-refractivity contribution in [1.29, 1.82) is 0 Å². The molecule has 2 N–H and O–H groups in total.